The molecule has 144 valence electrons. The molecule has 0 heterocycles. The number of amides is 1. The molecule has 2 aromatic carbocycles. The molecule has 8 heteroatoms. The molecule has 0 spiro atoms. The van der Waals surface area contributed by atoms with E-state index in [9.17, 15) is 18.0 Å². The summed E-state index contributed by atoms with van der Waals surface area (Å²) in [5.41, 5.74) is 1.69. The van der Waals surface area contributed by atoms with Gasteiger partial charge in [-0.25, -0.2) is 8.42 Å². The fourth-order valence-corrected chi connectivity index (χ4v) is 3.46. The van der Waals surface area contributed by atoms with Gasteiger partial charge in [0.1, 0.15) is 0 Å². The number of rotatable bonds is 7. The number of nitrogens with zero attached hydrogens (tertiary/aromatic N) is 1. The van der Waals surface area contributed by atoms with Crippen molar-refractivity contribution in [1.29, 1.82) is 0 Å². The van der Waals surface area contributed by atoms with Crippen LogP contribution in [-0.4, -0.2) is 39.0 Å². The Labute approximate surface area is 158 Å². The first-order chi connectivity index (χ1) is 12.6. The Hall–Kier alpha value is -2.87. The number of hydrogen-bond donors (Lipinski definition) is 2. The number of carbonyl (C=O) groups is 2. The number of carbonyl (C=O) groups excluding carboxylic acids is 1. The third-order valence-corrected chi connectivity index (χ3v) is 5.96. The van der Waals surface area contributed by atoms with Crippen molar-refractivity contribution < 1.29 is 23.1 Å². The van der Waals surface area contributed by atoms with Crippen molar-refractivity contribution in [2.75, 3.05) is 17.9 Å². The minimum Gasteiger partial charge on any atom is -0.481 e. The van der Waals surface area contributed by atoms with Gasteiger partial charge in [0.2, 0.25) is 0 Å². The van der Waals surface area contributed by atoms with Crippen molar-refractivity contribution in [3.8, 4) is 0 Å². The van der Waals surface area contributed by atoms with E-state index < -0.39 is 27.8 Å². The molecule has 1 amide bonds. The molecule has 2 rings (SSSR count). The number of sulfonamides is 1. The van der Waals surface area contributed by atoms with E-state index in [-0.39, 0.29) is 11.4 Å². The van der Waals surface area contributed by atoms with Crippen LogP contribution in [0, 0.1) is 12.8 Å². The third-order valence-electron chi connectivity index (χ3n) is 4.16. The van der Waals surface area contributed by atoms with E-state index in [0.29, 0.717) is 11.3 Å². The Balaban J connectivity index is 2.13. The number of carboxylic acid groups (broad SMARTS) is 1. The molecule has 0 radical (unpaired) electrons. The van der Waals surface area contributed by atoms with Gasteiger partial charge in [-0.15, -0.1) is 0 Å². The van der Waals surface area contributed by atoms with Crippen molar-refractivity contribution in [2.45, 2.75) is 18.7 Å². The molecular weight excluding hydrogens is 368 g/mol. The molecule has 0 saturated heterocycles. The van der Waals surface area contributed by atoms with E-state index in [4.69, 9.17) is 5.11 Å². The van der Waals surface area contributed by atoms with Crippen LogP contribution in [0.4, 0.5) is 5.69 Å². The summed E-state index contributed by atoms with van der Waals surface area (Å²) < 4.78 is 26.5. The Morgan fingerprint density at radius 1 is 1.07 bits per heavy atom. The second kappa shape index (κ2) is 8.22. The van der Waals surface area contributed by atoms with Crippen LogP contribution in [0.3, 0.4) is 0 Å². The normalized spacial score (nSPS) is 12.3. The minimum atomic E-state index is -3.71. The van der Waals surface area contributed by atoms with E-state index in [1.165, 1.54) is 38.2 Å². The van der Waals surface area contributed by atoms with E-state index in [2.05, 4.69) is 5.32 Å². The minimum absolute atomic E-state index is 0.0115. The number of anilines is 1. The number of aryl methyl sites for hydroxylation is 1. The molecule has 0 aliphatic heterocycles. The molecule has 0 bridgehead atoms. The summed E-state index contributed by atoms with van der Waals surface area (Å²) >= 11 is 0. The molecule has 0 aromatic heterocycles. The topological polar surface area (TPSA) is 104 Å². The van der Waals surface area contributed by atoms with Gasteiger partial charge in [0.15, 0.2) is 0 Å². The average Bonchev–Trinajstić information content (AvgIpc) is 2.65. The standard InChI is InChI=1S/C19H22N2O5S/c1-13-4-10-17(11-5-13)27(25,26)21(3)16-8-6-15(7-9-16)18(22)20-12-14(2)19(23)24/h4-11,14H,12H2,1-3H3,(H,20,22)(H,23,24). The summed E-state index contributed by atoms with van der Waals surface area (Å²) in [6.07, 6.45) is 0. The first-order valence-corrected chi connectivity index (χ1v) is 9.73. The Morgan fingerprint density at radius 3 is 2.15 bits per heavy atom. The summed E-state index contributed by atoms with van der Waals surface area (Å²) in [7, 11) is -2.26. The molecule has 1 atom stereocenters. The molecule has 27 heavy (non-hydrogen) atoms. The summed E-state index contributed by atoms with van der Waals surface area (Å²) in [6, 6.07) is 12.6. The van der Waals surface area contributed by atoms with Crippen molar-refractivity contribution in [1.82, 2.24) is 5.32 Å². The number of aliphatic carboxylic acids is 1. The smallest absolute Gasteiger partial charge is 0.308 e. The van der Waals surface area contributed by atoms with Gasteiger partial charge in [0.25, 0.3) is 15.9 Å². The summed E-state index contributed by atoms with van der Waals surface area (Å²) in [4.78, 5) is 23.0. The molecular formula is C19H22N2O5S. The molecule has 7 nitrogen and oxygen atoms in total. The van der Waals surface area contributed by atoms with Crippen LogP contribution in [0.2, 0.25) is 0 Å². The first-order valence-electron chi connectivity index (χ1n) is 8.29. The van der Waals surface area contributed by atoms with Gasteiger partial charge < -0.3 is 10.4 Å². The highest BCUT2D eigenvalue weighted by molar-refractivity contribution is 7.92. The molecule has 1 unspecified atom stereocenters. The van der Waals surface area contributed by atoms with Gasteiger partial charge in [-0.1, -0.05) is 24.6 Å². The zero-order valence-electron chi connectivity index (χ0n) is 15.3. The van der Waals surface area contributed by atoms with E-state index in [0.717, 1.165) is 9.87 Å². The van der Waals surface area contributed by atoms with Gasteiger partial charge >= 0.3 is 5.97 Å². The molecule has 0 aliphatic carbocycles. The lowest BCUT2D eigenvalue weighted by Crippen LogP contribution is -2.31. The predicted octanol–water partition coefficient (Wildman–Crippen LogP) is 2.27. The second-order valence-electron chi connectivity index (χ2n) is 6.28. The van der Waals surface area contributed by atoms with E-state index in [1.807, 2.05) is 6.92 Å². The summed E-state index contributed by atoms with van der Waals surface area (Å²) in [5.74, 6) is -2.11. The largest absolute Gasteiger partial charge is 0.481 e. The van der Waals surface area contributed by atoms with Crippen LogP contribution in [0.1, 0.15) is 22.8 Å². The third kappa shape index (κ3) is 4.85. The van der Waals surface area contributed by atoms with Crippen LogP contribution >= 0.6 is 0 Å². The summed E-state index contributed by atoms with van der Waals surface area (Å²) in [5, 5.41) is 11.4. The maximum absolute atomic E-state index is 12.7. The lowest BCUT2D eigenvalue weighted by atomic mass is 10.1. The molecule has 2 N–H and O–H groups in total. The highest BCUT2D eigenvalue weighted by Gasteiger charge is 2.21. The first kappa shape index (κ1) is 20.4. The van der Waals surface area contributed by atoms with E-state index >= 15 is 0 Å². The highest BCUT2D eigenvalue weighted by atomic mass is 32.2. The molecule has 2 aromatic rings. The van der Waals surface area contributed by atoms with Crippen LogP contribution in [-0.2, 0) is 14.8 Å². The Bertz CT molecular complexity index is 922. The number of benzene rings is 2. The summed E-state index contributed by atoms with van der Waals surface area (Å²) in [6.45, 7) is 3.38. The maximum atomic E-state index is 12.7. The highest BCUT2D eigenvalue weighted by Crippen LogP contribution is 2.22. The van der Waals surface area contributed by atoms with Crippen molar-refractivity contribution in [3.05, 3.63) is 59.7 Å². The van der Waals surface area contributed by atoms with Crippen LogP contribution in [0.25, 0.3) is 0 Å². The number of carboxylic acids is 1. The predicted molar refractivity (Wildman–Crippen MR) is 102 cm³/mol. The van der Waals surface area contributed by atoms with Crippen molar-refractivity contribution >= 4 is 27.6 Å². The Morgan fingerprint density at radius 2 is 1.63 bits per heavy atom. The quantitative estimate of drug-likeness (QED) is 0.755. The zero-order chi connectivity index (χ0) is 20.2. The maximum Gasteiger partial charge on any atom is 0.308 e. The van der Waals surface area contributed by atoms with Crippen LogP contribution < -0.4 is 9.62 Å². The van der Waals surface area contributed by atoms with Crippen molar-refractivity contribution in [3.63, 3.8) is 0 Å². The second-order valence-corrected chi connectivity index (χ2v) is 8.25. The van der Waals surface area contributed by atoms with Gasteiger partial charge in [-0.2, -0.15) is 0 Å². The SMILES string of the molecule is Cc1ccc(S(=O)(=O)N(C)c2ccc(C(=O)NCC(C)C(=O)O)cc2)cc1. The fourth-order valence-electron chi connectivity index (χ4n) is 2.27. The monoisotopic (exact) mass is 390 g/mol. The molecule has 0 saturated carbocycles. The van der Waals surface area contributed by atoms with Crippen LogP contribution in [0.5, 0.6) is 0 Å². The molecule has 0 aliphatic rings. The van der Waals surface area contributed by atoms with E-state index in [1.54, 1.807) is 24.3 Å². The van der Waals surface area contributed by atoms with Gasteiger partial charge in [-0.05, 0) is 43.3 Å². The molecule has 0 fully saturated rings. The fraction of sp³-hybridized carbons (Fsp3) is 0.263. The lowest BCUT2D eigenvalue weighted by Gasteiger charge is -2.20. The zero-order valence-corrected chi connectivity index (χ0v) is 16.2. The van der Waals surface area contributed by atoms with Gasteiger partial charge in [0, 0.05) is 19.2 Å². The van der Waals surface area contributed by atoms with Gasteiger partial charge in [-0.3, -0.25) is 13.9 Å². The lowest BCUT2D eigenvalue weighted by molar-refractivity contribution is -0.140. The Kier molecular flexibility index (Phi) is 6.22. The average molecular weight is 390 g/mol. The number of hydrogen-bond acceptors (Lipinski definition) is 4. The van der Waals surface area contributed by atoms with Crippen molar-refractivity contribution in [2.24, 2.45) is 5.92 Å². The van der Waals surface area contributed by atoms with Crippen LogP contribution in [0.15, 0.2) is 53.4 Å². The number of nitrogens with one attached hydrogen (secondary N) is 1. The van der Waals surface area contributed by atoms with Gasteiger partial charge in [0.05, 0.1) is 16.5 Å².